The zero-order valence-electron chi connectivity index (χ0n) is 10.9. The second-order valence-electron chi connectivity index (χ2n) is 4.42. The molecule has 0 radical (unpaired) electrons. The Balaban J connectivity index is 1.97. The van der Waals surface area contributed by atoms with Gasteiger partial charge in [0.2, 0.25) is 0 Å². The van der Waals surface area contributed by atoms with Crippen LogP contribution in [0.1, 0.15) is 27.5 Å². The van der Waals surface area contributed by atoms with Crippen LogP contribution in [0.15, 0.2) is 54.6 Å². The number of nitriles is 1. The number of carbonyl (C=O) groups excluding carboxylic acids is 1. The zero-order valence-corrected chi connectivity index (χ0v) is 10.9. The maximum absolute atomic E-state index is 12.0. The summed E-state index contributed by atoms with van der Waals surface area (Å²) in [6.45, 7) is 0.347. The van der Waals surface area contributed by atoms with Crippen molar-refractivity contribution in [2.24, 2.45) is 5.73 Å². The summed E-state index contributed by atoms with van der Waals surface area (Å²) in [5.74, 6) is -0.228. The van der Waals surface area contributed by atoms with Crippen LogP contribution < -0.4 is 11.1 Å². The molecule has 0 aliphatic carbocycles. The van der Waals surface area contributed by atoms with Crippen LogP contribution in [-0.4, -0.2) is 12.5 Å². The molecule has 1 amide bonds. The van der Waals surface area contributed by atoms with Crippen LogP contribution in [0, 0.1) is 11.3 Å². The molecule has 4 nitrogen and oxygen atoms in total. The monoisotopic (exact) mass is 265 g/mol. The highest BCUT2D eigenvalue weighted by molar-refractivity contribution is 5.94. The predicted molar refractivity (Wildman–Crippen MR) is 76.9 cm³/mol. The fourth-order valence-corrected chi connectivity index (χ4v) is 1.85. The molecule has 100 valence electrons. The van der Waals surface area contributed by atoms with Crippen molar-refractivity contribution in [2.45, 2.75) is 6.04 Å². The minimum atomic E-state index is -0.251. The third kappa shape index (κ3) is 3.44. The molecule has 2 rings (SSSR count). The highest BCUT2D eigenvalue weighted by Crippen LogP contribution is 2.09. The van der Waals surface area contributed by atoms with Crippen molar-refractivity contribution in [1.29, 1.82) is 5.26 Å². The standard InChI is InChI=1S/C16H15N3O/c17-10-12-5-4-8-14(9-12)16(20)19-11-15(18)13-6-2-1-3-7-13/h1-9,15H,11,18H2,(H,19,20). The largest absolute Gasteiger partial charge is 0.350 e. The smallest absolute Gasteiger partial charge is 0.251 e. The summed E-state index contributed by atoms with van der Waals surface area (Å²) in [5, 5.41) is 11.6. The molecular weight excluding hydrogens is 250 g/mol. The quantitative estimate of drug-likeness (QED) is 0.887. The molecule has 1 unspecified atom stereocenters. The number of benzene rings is 2. The van der Waals surface area contributed by atoms with Gasteiger partial charge in [0, 0.05) is 18.2 Å². The van der Waals surface area contributed by atoms with Gasteiger partial charge >= 0.3 is 0 Å². The minimum absolute atomic E-state index is 0.228. The van der Waals surface area contributed by atoms with Crippen LogP contribution in [0.2, 0.25) is 0 Å². The van der Waals surface area contributed by atoms with Gasteiger partial charge in [-0.05, 0) is 23.8 Å². The Labute approximate surface area is 117 Å². The van der Waals surface area contributed by atoms with E-state index in [0.717, 1.165) is 5.56 Å². The third-order valence-corrected chi connectivity index (χ3v) is 2.96. The van der Waals surface area contributed by atoms with Crippen molar-refractivity contribution in [2.75, 3.05) is 6.54 Å². The van der Waals surface area contributed by atoms with Gasteiger partial charge in [-0.25, -0.2) is 0 Å². The zero-order chi connectivity index (χ0) is 14.4. The van der Waals surface area contributed by atoms with Gasteiger partial charge in [-0.2, -0.15) is 5.26 Å². The Hall–Kier alpha value is -2.64. The second-order valence-corrected chi connectivity index (χ2v) is 4.42. The van der Waals surface area contributed by atoms with Gasteiger partial charge in [-0.1, -0.05) is 36.4 Å². The number of carbonyl (C=O) groups is 1. The van der Waals surface area contributed by atoms with Crippen LogP contribution in [-0.2, 0) is 0 Å². The fraction of sp³-hybridized carbons (Fsp3) is 0.125. The SMILES string of the molecule is N#Cc1cccc(C(=O)NCC(N)c2ccccc2)c1. The molecule has 0 heterocycles. The van der Waals surface area contributed by atoms with Gasteiger partial charge < -0.3 is 11.1 Å². The topological polar surface area (TPSA) is 78.9 Å². The van der Waals surface area contributed by atoms with Crippen molar-refractivity contribution >= 4 is 5.91 Å². The van der Waals surface area contributed by atoms with E-state index < -0.39 is 0 Å². The predicted octanol–water partition coefficient (Wildman–Crippen LogP) is 1.99. The summed E-state index contributed by atoms with van der Waals surface area (Å²) in [7, 11) is 0. The van der Waals surface area contributed by atoms with E-state index in [9.17, 15) is 4.79 Å². The van der Waals surface area contributed by atoms with Crippen molar-refractivity contribution < 1.29 is 4.79 Å². The van der Waals surface area contributed by atoms with Gasteiger partial charge in [0.05, 0.1) is 11.6 Å². The number of rotatable bonds is 4. The lowest BCUT2D eigenvalue weighted by molar-refractivity contribution is 0.0951. The minimum Gasteiger partial charge on any atom is -0.350 e. The molecule has 0 aliphatic rings. The fourth-order valence-electron chi connectivity index (χ4n) is 1.85. The Morgan fingerprint density at radius 2 is 1.95 bits per heavy atom. The summed E-state index contributed by atoms with van der Waals surface area (Å²) in [5.41, 5.74) is 7.91. The third-order valence-electron chi connectivity index (χ3n) is 2.96. The normalized spacial score (nSPS) is 11.4. The molecule has 0 spiro atoms. The molecule has 0 aromatic heterocycles. The first kappa shape index (κ1) is 13.8. The van der Waals surface area contributed by atoms with Crippen molar-refractivity contribution in [3.8, 4) is 6.07 Å². The lowest BCUT2D eigenvalue weighted by Crippen LogP contribution is -2.31. The molecule has 0 aliphatic heterocycles. The molecular formula is C16H15N3O. The molecule has 2 aromatic carbocycles. The molecule has 4 heteroatoms. The van der Waals surface area contributed by atoms with Gasteiger partial charge in [-0.15, -0.1) is 0 Å². The molecule has 0 saturated heterocycles. The van der Waals surface area contributed by atoms with Crippen LogP contribution in [0.25, 0.3) is 0 Å². The van der Waals surface area contributed by atoms with E-state index in [1.807, 2.05) is 36.4 Å². The maximum atomic E-state index is 12.0. The van der Waals surface area contributed by atoms with E-state index in [4.69, 9.17) is 11.0 Å². The molecule has 1 atom stereocenters. The van der Waals surface area contributed by atoms with E-state index in [2.05, 4.69) is 5.32 Å². The Kier molecular flexibility index (Phi) is 4.48. The van der Waals surface area contributed by atoms with Crippen molar-refractivity contribution in [1.82, 2.24) is 5.32 Å². The molecule has 0 saturated carbocycles. The summed E-state index contributed by atoms with van der Waals surface area (Å²) in [6, 6.07) is 17.9. The molecule has 20 heavy (non-hydrogen) atoms. The van der Waals surface area contributed by atoms with E-state index in [0.29, 0.717) is 17.7 Å². The van der Waals surface area contributed by atoms with Crippen LogP contribution in [0.3, 0.4) is 0 Å². The average molecular weight is 265 g/mol. The Morgan fingerprint density at radius 3 is 2.65 bits per heavy atom. The number of hydrogen-bond donors (Lipinski definition) is 2. The van der Waals surface area contributed by atoms with E-state index in [1.54, 1.807) is 24.3 Å². The van der Waals surface area contributed by atoms with Crippen LogP contribution in [0.5, 0.6) is 0 Å². The Bertz CT molecular complexity index is 632. The van der Waals surface area contributed by atoms with Crippen LogP contribution >= 0.6 is 0 Å². The highest BCUT2D eigenvalue weighted by Gasteiger charge is 2.09. The number of nitrogens with one attached hydrogen (secondary N) is 1. The first-order chi connectivity index (χ1) is 9.70. The first-order valence-corrected chi connectivity index (χ1v) is 6.29. The van der Waals surface area contributed by atoms with Gasteiger partial charge in [0.15, 0.2) is 0 Å². The average Bonchev–Trinajstić information content (AvgIpc) is 2.53. The summed E-state index contributed by atoms with van der Waals surface area (Å²) in [6.07, 6.45) is 0. The number of nitrogens with two attached hydrogens (primary N) is 1. The summed E-state index contributed by atoms with van der Waals surface area (Å²) in [4.78, 5) is 12.0. The number of amides is 1. The van der Waals surface area contributed by atoms with Gasteiger partial charge in [0.25, 0.3) is 5.91 Å². The molecule has 0 fully saturated rings. The lowest BCUT2D eigenvalue weighted by atomic mass is 10.1. The number of nitrogens with zero attached hydrogens (tertiary/aromatic N) is 1. The Morgan fingerprint density at radius 1 is 1.20 bits per heavy atom. The summed E-state index contributed by atoms with van der Waals surface area (Å²) < 4.78 is 0. The van der Waals surface area contributed by atoms with Gasteiger partial charge in [-0.3, -0.25) is 4.79 Å². The number of hydrogen-bond acceptors (Lipinski definition) is 3. The molecule has 0 bridgehead atoms. The van der Waals surface area contributed by atoms with Crippen LogP contribution in [0.4, 0.5) is 0 Å². The highest BCUT2D eigenvalue weighted by atomic mass is 16.1. The van der Waals surface area contributed by atoms with Crippen molar-refractivity contribution in [3.63, 3.8) is 0 Å². The lowest BCUT2D eigenvalue weighted by Gasteiger charge is -2.13. The van der Waals surface area contributed by atoms with Gasteiger partial charge in [0.1, 0.15) is 0 Å². The maximum Gasteiger partial charge on any atom is 0.251 e. The van der Waals surface area contributed by atoms with Crippen molar-refractivity contribution in [3.05, 3.63) is 71.3 Å². The van der Waals surface area contributed by atoms with E-state index in [1.165, 1.54) is 0 Å². The second kappa shape index (κ2) is 6.50. The molecule has 2 aromatic rings. The molecule has 3 N–H and O–H groups in total. The van der Waals surface area contributed by atoms with E-state index in [-0.39, 0.29) is 11.9 Å². The first-order valence-electron chi connectivity index (χ1n) is 6.29. The summed E-state index contributed by atoms with van der Waals surface area (Å²) >= 11 is 0. The van der Waals surface area contributed by atoms with E-state index >= 15 is 0 Å².